The highest BCUT2D eigenvalue weighted by Gasteiger charge is 2.17. The number of benzene rings is 2. The third-order valence-corrected chi connectivity index (χ3v) is 6.72. The molecule has 0 spiro atoms. The van der Waals surface area contributed by atoms with Crippen LogP contribution in [0.2, 0.25) is 0 Å². The van der Waals surface area contributed by atoms with Crippen LogP contribution in [0.5, 0.6) is 5.75 Å². The van der Waals surface area contributed by atoms with Gasteiger partial charge in [0.15, 0.2) is 11.0 Å². The Morgan fingerprint density at radius 1 is 0.967 bits per heavy atom. The normalized spacial score (nSPS) is 11.1. The molecule has 0 amide bonds. The smallest absolute Gasteiger partial charge is 0.196 e. The van der Waals surface area contributed by atoms with Gasteiger partial charge in [-0.05, 0) is 48.5 Å². The number of para-hydroxylation sites is 1. The van der Waals surface area contributed by atoms with Gasteiger partial charge in [-0.15, -0.1) is 21.5 Å². The summed E-state index contributed by atoms with van der Waals surface area (Å²) in [6.45, 7) is 0. The Morgan fingerprint density at radius 2 is 1.77 bits per heavy atom. The van der Waals surface area contributed by atoms with E-state index in [2.05, 4.69) is 25.8 Å². The van der Waals surface area contributed by atoms with Gasteiger partial charge >= 0.3 is 0 Å². The van der Waals surface area contributed by atoms with E-state index in [1.807, 2.05) is 54.6 Å². The molecule has 2 aromatic carbocycles. The Labute approximate surface area is 181 Å². The molecule has 0 aliphatic carbocycles. The van der Waals surface area contributed by atoms with Crippen molar-refractivity contribution in [2.75, 3.05) is 7.11 Å². The van der Waals surface area contributed by atoms with E-state index in [1.54, 1.807) is 42.6 Å². The van der Waals surface area contributed by atoms with Crippen molar-refractivity contribution in [2.45, 2.75) is 10.9 Å². The molecular formula is C22H17N5OS2. The largest absolute Gasteiger partial charge is 0.497 e. The number of fused-ring (bicyclic) bond motifs is 1. The maximum atomic E-state index is 5.30. The molecule has 0 bridgehead atoms. The Bertz CT molecular complexity index is 1250. The van der Waals surface area contributed by atoms with E-state index in [0.717, 1.165) is 44.3 Å². The molecule has 0 atom stereocenters. The number of thiazole rings is 1. The monoisotopic (exact) mass is 431 g/mol. The summed E-state index contributed by atoms with van der Waals surface area (Å²) in [6, 6.07) is 20.0. The van der Waals surface area contributed by atoms with Gasteiger partial charge < -0.3 is 4.74 Å². The molecule has 0 fully saturated rings. The van der Waals surface area contributed by atoms with E-state index in [9.17, 15) is 0 Å². The second-order valence-corrected chi connectivity index (χ2v) is 8.50. The summed E-state index contributed by atoms with van der Waals surface area (Å²) in [5.41, 5.74) is 2.96. The molecular weight excluding hydrogens is 414 g/mol. The van der Waals surface area contributed by atoms with Crippen molar-refractivity contribution in [1.82, 2.24) is 24.7 Å². The molecule has 0 N–H and O–H groups in total. The molecule has 0 aliphatic rings. The molecule has 5 aromatic rings. The predicted molar refractivity (Wildman–Crippen MR) is 120 cm³/mol. The van der Waals surface area contributed by atoms with Gasteiger partial charge in [0.1, 0.15) is 10.8 Å². The maximum Gasteiger partial charge on any atom is 0.196 e. The zero-order chi connectivity index (χ0) is 20.3. The van der Waals surface area contributed by atoms with E-state index in [4.69, 9.17) is 9.72 Å². The Morgan fingerprint density at radius 3 is 2.53 bits per heavy atom. The predicted octanol–water partition coefficient (Wildman–Crippen LogP) is 5.24. The summed E-state index contributed by atoms with van der Waals surface area (Å²) < 4.78 is 8.56. The van der Waals surface area contributed by atoms with Crippen LogP contribution in [0.3, 0.4) is 0 Å². The van der Waals surface area contributed by atoms with E-state index in [-0.39, 0.29) is 0 Å². The number of rotatable bonds is 6. The Kier molecular flexibility index (Phi) is 5.17. The van der Waals surface area contributed by atoms with Crippen LogP contribution in [-0.4, -0.2) is 31.8 Å². The highest BCUT2D eigenvalue weighted by atomic mass is 32.2. The molecule has 8 heteroatoms. The minimum atomic E-state index is 0.726. The lowest BCUT2D eigenvalue weighted by Gasteiger charge is -2.10. The van der Waals surface area contributed by atoms with Gasteiger partial charge in [-0.25, -0.2) is 4.98 Å². The molecule has 0 saturated carbocycles. The maximum absolute atomic E-state index is 5.30. The van der Waals surface area contributed by atoms with E-state index in [0.29, 0.717) is 0 Å². The summed E-state index contributed by atoms with van der Waals surface area (Å²) in [7, 11) is 1.66. The van der Waals surface area contributed by atoms with Crippen LogP contribution < -0.4 is 4.74 Å². The van der Waals surface area contributed by atoms with Gasteiger partial charge in [0.25, 0.3) is 0 Å². The van der Waals surface area contributed by atoms with Crippen molar-refractivity contribution >= 4 is 33.3 Å². The van der Waals surface area contributed by atoms with Crippen LogP contribution in [0.4, 0.5) is 0 Å². The average Bonchev–Trinajstić information content (AvgIpc) is 3.42. The standard InChI is InChI=1S/C22H17N5OS2/c1-28-17-8-6-16(7-9-17)27-21(15-10-12-23-13-11-15)25-26-22(27)29-14-20-24-18-4-2-3-5-19(18)30-20/h2-13H,14H2,1H3. The third-order valence-electron chi connectivity index (χ3n) is 4.57. The molecule has 3 heterocycles. The van der Waals surface area contributed by atoms with Crippen LogP contribution in [0, 0.1) is 0 Å². The van der Waals surface area contributed by atoms with Gasteiger partial charge in [0, 0.05) is 23.6 Å². The van der Waals surface area contributed by atoms with Gasteiger partial charge in [0.05, 0.1) is 23.1 Å². The number of hydrogen-bond acceptors (Lipinski definition) is 7. The van der Waals surface area contributed by atoms with E-state index < -0.39 is 0 Å². The summed E-state index contributed by atoms with van der Waals surface area (Å²) >= 11 is 3.34. The van der Waals surface area contributed by atoms with E-state index in [1.165, 1.54) is 4.70 Å². The van der Waals surface area contributed by atoms with Gasteiger partial charge in [-0.2, -0.15) is 0 Å². The number of hydrogen-bond donors (Lipinski definition) is 0. The lowest BCUT2D eigenvalue weighted by Crippen LogP contribution is -2.00. The first-order valence-corrected chi connectivity index (χ1v) is 11.1. The molecule has 0 unspecified atom stereocenters. The summed E-state index contributed by atoms with van der Waals surface area (Å²) in [5, 5.41) is 10.8. The number of thioether (sulfide) groups is 1. The van der Waals surface area contributed by atoms with Crippen LogP contribution in [0.1, 0.15) is 5.01 Å². The number of ether oxygens (including phenoxy) is 1. The number of pyridine rings is 1. The Hall–Kier alpha value is -3.23. The first-order chi connectivity index (χ1) is 14.8. The molecule has 5 rings (SSSR count). The molecule has 3 aromatic heterocycles. The number of methoxy groups -OCH3 is 1. The first kappa shape index (κ1) is 18.8. The summed E-state index contributed by atoms with van der Waals surface area (Å²) in [5.74, 6) is 2.31. The third kappa shape index (κ3) is 3.67. The first-order valence-electron chi connectivity index (χ1n) is 9.29. The summed E-state index contributed by atoms with van der Waals surface area (Å²) in [4.78, 5) is 8.85. The molecule has 0 saturated heterocycles. The van der Waals surface area contributed by atoms with Crippen LogP contribution in [-0.2, 0) is 5.75 Å². The minimum Gasteiger partial charge on any atom is -0.497 e. The molecule has 0 aliphatic heterocycles. The molecule has 6 nitrogen and oxygen atoms in total. The fourth-order valence-electron chi connectivity index (χ4n) is 3.12. The number of aromatic nitrogens is 5. The lowest BCUT2D eigenvalue weighted by atomic mass is 10.2. The fraction of sp³-hybridized carbons (Fsp3) is 0.0909. The van der Waals surface area contributed by atoms with Gasteiger partial charge in [-0.1, -0.05) is 23.9 Å². The minimum absolute atomic E-state index is 0.726. The second kappa shape index (κ2) is 8.25. The quantitative estimate of drug-likeness (QED) is 0.343. The highest BCUT2D eigenvalue weighted by molar-refractivity contribution is 7.98. The fourth-order valence-corrected chi connectivity index (χ4v) is 5.04. The van der Waals surface area contributed by atoms with Crippen molar-refractivity contribution in [3.63, 3.8) is 0 Å². The zero-order valence-electron chi connectivity index (χ0n) is 16.1. The van der Waals surface area contributed by atoms with Crippen molar-refractivity contribution in [3.8, 4) is 22.8 Å². The van der Waals surface area contributed by atoms with E-state index >= 15 is 0 Å². The van der Waals surface area contributed by atoms with Gasteiger partial charge in [0.2, 0.25) is 0 Å². The van der Waals surface area contributed by atoms with Gasteiger partial charge in [-0.3, -0.25) is 9.55 Å². The SMILES string of the molecule is COc1ccc(-n2c(SCc3nc4ccccc4s3)nnc2-c2ccncc2)cc1. The van der Waals surface area contributed by atoms with Crippen molar-refractivity contribution in [2.24, 2.45) is 0 Å². The summed E-state index contributed by atoms with van der Waals surface area (Å²) in [6.07, 6.45) is 3.52. The number of nitrogens with zero attached hydrogens (tertiary/aromatic N) is 5. The topological polar surface area (TPSA) is 65.7 Å². The molecule has 30 heavy (non-hydrogen) atoms. The molecule has 0 radical (unpaired) electrons. The molecule has 148 valence electrons. The zero-order valence-corrected chi connectivity index (χ0v) is 17.7. The van der Waals surface area contributed by atoms with Crippen molar-refractivity contribution in [1.29, 1.82) is 0 Å². The van der Waals surface area contributed by atoms with Crippen LogP contribution >= 0.6 is 23.1 Å². The lowest BCUT2D eigenvalue weighted by molar-refractivity contribution is 0.414. The van der Waals surface area contributed by atoms with Crippen LogP contribution in [0.25, 0.3) is 27.3 Å². The highest BCUT2D eigenvalue weighted by Crippen LogP contribution is 2.32. The second-order valence-electron chi connectivity index (χ2n) is 6.44. The van der Waals surface area contributed by atoms with Crippen LogP contribution in [0.15, 0.2) is 78.2 Å². The van der Waals surface area contributed by atoms with Crippen molar-refractivity contribution < 1.29 is 4.74 Å². The average molecular weight is 432 g/mol. The van der Waals surface area contributed by atoms with Crippen molar-refractivity contribution in [3.05, 3.63) is 78.1 Å². The Balaban J connectivity index is 1.51.